The van der Waals surface area contributed by atoms with Crippen LogP contribution < -0.4 is 0 Å². The van der Waals surface area contributed by atoms with Crippen molar-refractivity contribution in [3.05, 3.63) is 34.3 Å². The topological polar surface area (TPSA) is 26.3 Å². The summed E-state index contributed by atoms with van der Waals surface area (Å²) in [7, 11) is 0. The fourth-order valence-corrected chi connectivity index (χ4v) is 2.86. The van der Waals surface area contributed by atoms with Crippen LogP contribution >= 0.6 is 15.9 Å². The first-order valence-electron chi connectivity index (χ1n) is 9.16. The summed E-state index contributed by atoms with van der Waals surface area (Å²) in [6.45, 7) is 2.79. The fourth-order valence-electron chi connectivity index (χ4n) is 2.60. The highest BCUT2D eigenvalue weighted by atomic mass is 79.9. The van der Waals surface area contributed by atoms with Crippen molar-refractivity contribution in [2.24, 2.45) is 0 Å². The van der Waals surface area contributed by atoms with Gasteiger partial charge in [0.25, 0.3) is 0 Å². The summed E-state index contributed by atoms with van der Waals surface area (Å²) in [6, 6.07) is 7.29. The van der Waals surface area contributed by atoms with Gasteiger partial charge < -0.3 is 4.74 Å². The zero-order valence-corrected chi connectivity index (χ0v) is 16.1. The van der Waals surface area contributed by atoms with E-state index < -0.39 is 0 Å². The Kier molecular flexibility index (Phi) is 11.9. The van der Waals surface area contributed by atoms with Crippen LogP contribution in [0, 0.1) is 0 Å². The SMILES string of the molecule is CCCCCCCCCCCCCOC(=O)c1ccc(Br)cc1. The number of benzene rings is 1. The molecule has 0 unspecified atom stereocenters. The first kappa shape index (κ1) is 20.2. The molecule has 1 aromatic rings. The summed E-state index contributed by atoms with van der Waals surface area (Å²) in [6.07, 6.45) is 14.3. The second-order valence-electron chi connectivity index (χ2n) is 6.18. The van der Waals surface area contributed by atoms with Crippen LogP contribution in [0.15, 0.2) is 28.7 Å². The Hall–Kier alpha value is -0.830. The van der Waals surface area contributed by atoms with E-state index in [9.17, 15) is 4.79 Å². The second kappa shape index (κ2) is 13.6. The molecule has 0 radical (unpaired) electrons. The molecule has 130 valence electrons. The lowest BCUT2D eigenvalue weighted by Gasteiger charge is -2.05. The Labute approximate surface area is 150 Å². The van der Waals surface area contributed by atoms with Crippen LogP contribution in [-0.4, -0.2) is 12.6 Å². The Balaban J connectivity index is 1.89. The Bertz CT molecular complexity index is 414. The van der Waals surface area contributed by atoms with Crippen molar-refractivity contribution in [2.75, 3.05) is 6.61 Å². The molecule has 2 nitrogen and oxygen atoms in total. The van der Waals surface area contributed by atoms with Gasteiger partial charge in [0.1, 0.15) is 0 Å². The third kappa shape index (κ3) is 10.5. The number of esters is 1. The van der Waals surface area contributed by atoms with Gasteiger partial charge in [-0.25, -0.2) is 4.79 Å². The Morgan fingerprint density at radius 3 is 1.83 bits per heavy atom. The zero-order chi connectivity index (χ0) is 16.8. The van der Waals surface area contributed by atoms with E-state index in [0.717, 1.165) is 17.3 Å². The van der Waals surface area contributed by atoms with Crippen molar-refractivity contribution in [2.45, 2.75) is 77.6 Å². The lowest BCUT2D eigenvalue weighted by atomic mass is 10.1. The van der Waals surface area contributed by atoms with Gasteiger partial charge in [0.2, 0.25) is 0 Å². The molecule has 0 aromatic heterocycles. The Morgan fingerprint density at radius 2 is 1.30 bits per heavy atom. The van der Waals surface area contributed by atoms with Crippen molar-refractivity contribution in [1.29, 1.82) is 0 Å². The van der Waals surface area contributed by atoms with Gasteiger partial charge in [-0.15, -0.1) is 0 Å². The number of ether oxygens (including phenoxy) is 1. The molecular weight excluding hydrogens is 352 g/mol. The minimum atomic E-state index is -0.218. The van der Waals surface area contributed by atoms with E-state index in [1.807, 2.05) is 12.1 Å². The first-order valence-corrected chi connectivity index (χ1v) is 9.96. The summed E-state index contributed by atoms with van der Waals surface area (Å²) < 4.78 is 6.27. The van der Waals surface area contributed by atoms with Crippen molar-refractivity contribution < 1.29 is 9.53 Å². The lowest BCUT2D eigenvalue weighted by molar-refractivity contribution is 0.0497. The van der Waals surface area contributed by atoms with Crippen molar-refractivity contribution >= 4 is 21.9 Å². The van der Waals surface area contributed by atoms with Gasteiger partial charge in [0.15, 0.2) is 0 Å². The van der Waals surface area contributed by atoms with E-state index in [4.69, 9.17) is 4.74 Å². The van der Waals surface area contributed by atoms with E-state index >= 15 is 0 Å². The molecule has 0 heterocycles. The van der Waals surface area contributed by atoms with E-state index in [1.165, 1.54) is 57.8 Å². The highest BCUT2D eigenvalue weighted by Crippen LogP contribution is 2.13. The molecule has 0 aliphatic heterocycles. The van der Waals surface area contributed by atoms with Gasteiger partial charge in [-0.2, -0.15) is 0 Å². The van der Waals surface area contributed by atoms with Crippen molar-refractivity contribution in [3.8, 4) is 0 Å². The molecule has 1 rings (SSSR count). The smallest absolute Gasteiger partial charge is 0.338 e. The van der Waals surface area contributed by atoms with Crippen LogP contribution in [-0.2, 0) is 4.74 Å². The highest BCUT2D eigenvalue weighted by Gasteiger charge is 2.05. The molecule has 0 atom stereocenters. The maximum absolute atomic E-state index is 11.8. The average Bonchev–Trinajstić information content (AvgIpc) is 2.56. The molecule has 0 amide bonds. The van der Waals surface area contributed by atoms with E-state index in [-0.39, 0.29) is 5.97 Å². The van der Waals surface area contributed by atoms with Gasteiger partial charge in [-0.3, -0.25) is 0 Å². The molecule has 0 saturated carbocycles. The number of hydrogen-bond acceptors (Lipinski definition) is 2. The maximum Gasteiger partial charge on any atom is 0.338 e. The molecule has 0 fully saturated rings. The molecule has 23 heavy (non-hydrogen) atoms. The predicted octanol–water partition coefficient (Wildman–Crippen LogP) is 6.92. The lowest BCUT2D eigenvalue weighted by Crippen LogP contribution is -2.06. The minimum Gasteiger partial charge on any atom is -0.462 e. The molecule has 0 aliphatic rings. The van der Waals surface area contributed by atoms with Crippen LogP contribution in [0.1, 0.15) is 87.9 Å². The molecule has 0 spiro atoms. The summed E-state index contributed by atoms with van der Waals surface area (Å²) >= 11 is 3.36. The molecular formula is C20H31BrO2. The van der Waals surface area contributed by atoms with Crippen LogP contribution in [0.3, 0.4) is 0 Å². The van der Waals surface area contributed by atoms with E-state index in [2.05, 4.69) is 22.9 Å². The van der Waals surface area contributed by atoms with E-state index in [0.29, 0.717) is 12.2 Å². The summed E-state index contributed by atoms with van der Waals surface area (Å²) in [5, 5.41) is 0. The summed E-state index contributed by atoms with van der Waals surface area (Å²) in [4.78, 5) is 11.8. The number of unbranched alkanes of at least 4 members (excludes halogenated alkanes) is 10. The number of carbonyl (C=O) groups is 1. The van der Waals surface area contributed by atoms with Gasteiger partial charge in [-0.05, 0) is 30.7 Å². The molecule has 0 saturated heterocycles. The van der Waals surface area contributed by atoms with Gasteiger partial charge in [-0.1, -0.05) is 87.1 Å². The normalized spacial score (nSPS) is 10.7. The maximum atomic E-state index is 11.8. The predicted molar refractivity (Wildman–Crippen MR) is 101 cm³/mol. The number of halogens is 1. The van der Waals surface area contributed by atoms with Crippen molar-refractivity contribution in [3.63, 3.8) is 0 Å². The third-order valence-corrected chi connectivity index (χ3v) is 4.59. The average molecular weight is 383 g/mol. The van der Waals surface area contributed by atoms with Gasteiger partial charge >= 0.3 is 5.97 Å². The van der Waals surface area contributed by atoms with Crippen molar-refractivity contribution in [1.82, 2.24) is 0 Å². The summed E-state index contributed by atoms with van der Waals surface area (Å²) in [5.41, 5.74) is 0.622. The van der Waals surface area contributed by atoms with E-state index in [1.54, 1.807) is 12.1 Å². The molecule has 0 bridgehead atoms. The molecule has 0 N–H and O–H groups in total. The molecule has 1 aromatic carbocycles. The number of hydrogen-bond donors (Lipinski definition) is 0. The van der Waals surface area contributed by atoms with Crippen LogP contribution in [0.4, 0.5) is 0 Å². The van der Waals surface area contributed by atoms with Crippen LogP contribution in [0.2, 0.25) is 0 Å². The Morgan fingerprint density at radius 1 is 0.826 bits per heavy atom. The van der Waals surface area contributed by atoms with Crippen LogP contribution in [0.25, 0.3) is 0 Å². The van der Waals surface area contributed by atoms with Gasteiger partial charge in [0, 0.05) is 4.47 Å². The fraction of sp³-hybridized carbons (Fsp3) is 0.650. The number of rotatable bonds is 13. The quantitative estimate of drug-likeness (QED) is 0.273. The molecule has 3 heteroatoms. The largest absolute Gasteiger partial charge is 0.462 e. The third-order valence-electron chi connectivity index (χ3n) is 4.06. The standard InChI is InChI=1S/C20H31BrO2/c1-2-3-4-5-6-7-8-9-10-11-12-17-23-20(22)18-13-15-19(21)16-14-18/h13-16H,2-12,17H2,1H3. The second-order valence-corrected chi connectivity index (χ2v) is 7.09. The number of carbonyl (C=O) groups excluding carboxylic acids is 1. The monoisotopic (exact) mass is 382 g/mol. The first-order chi connectivity index (χ1) is 11.2. The minimum absolute atomic E-state index is 0.218. The summed E-state index contributed by atoms with van der Waals surface area (Å²) in [5.74, 6) is -0.218. The van der Waals surface area contributed by atoms with Gasteiger partial charge in [0.05, 0.1) is 12.2 Å². The highest BCUT2D eigenvalue weighted by molar-refractivity contribution is 9.10. The zero-order valence-electron chi connectivity index (χ0n) is 14.5. The molecule has 0 aliphatic carbocycles. The van der Waals surface area contributed by atoms with Crippen LogP contribution in [0.5, 0.6) is 0 Å².